The summed E-state index contributed by atoms with van der Waals surface area (Å²) in [7, 11) is 0. The number of nitrogens with one attached hydrogen (secondary N) is 2. The smallest absolute Gasteiger partial charge is 0.191 e. The van der Waals surface area contributed by atoms with E-state index in [4.69, 9.17) is 0 Å². The molecule has 0 atom stereocenters. The Balaban J connectivity index is 0.00000225. The van der Waals surface area contributed by atoms with Crippen LogP contribution in [0.15, 0.2) is 4.99 Å². The fraction of sp³-hybridized carbons (Fsp3) is 0.909. The summed E-state index contributed by atoms with van der Waals surface area (Å²) in [6, 6.07) is 0. The van der Waals surface area contributed by atoms with Crippen molar-refractivity contribution >= 4 is 29.9 Å². The number of rotatable bonds is 5. The van der Waals surface area contributed by atoms with Gasteiger partial charge in [-0.1, -0.05) is 13.8 Å². The van der Waals surface area contributed by atoms with E-state index in [1.165, 1.54) is 0 Å². The second kappa shape index (κ2) is 8.11. The molecule has 5 heteroatoms. The summed E-state index contributed by atoms with van der Waals surface area (Å²) in [4.78, 5) is 4.35. The summed E-state index contributed by atoms with van der Waals surface area (Å²) >= 11 is 0. The van der Waals surface area contributed by atoms with Crippen LogP contribution in [0.2, 0.25) is 0 Å². The Morgan fingerprint density at radius 1 is 1.44 bits per heavy atom. The molecule has 0 saturated carbocycles. The molecule has 1 aliphatic rings. The van der Waals surface area contributed by atoms with Gasteiger partial charge in [-0.15, -0.1) is 24.0 Å². The minimum absolute atomic E-state index is 0. The first-order valence-electron chi connectivity index (χ1n) is 5.89. The zero-order valence-electron chi connectivity index (χ0n) is 10.3. The van der Waals surface area contributed by atoms with Crippen LogP contribution in [0.3, 0.4) is 0 Å². The molecule has 3 N–H and O–H groups in total. The number of hydrogen-bond donors (Lipinski definition) is 3. The lowest BCUT2D eigenvalue weighted by molar-refractivity contribution is 0.118. The van der Waals surface area contributed by atoms with Gasteiger partial charge in [-0.3, -0.25) is 4.99 Å². The van der Waals surface area contributed by atoms with E-state index in [2.05, 4.69) is 29.5 Å². The predicted octanol–water partition coefficient (Wildman–Crippen LogP) is 1.34. The highest BCUT2D eigenvalue weighted by molar-refractivity contribution is 14.0. The van der Waals surface area contributed by atoms with Crippen LogP contribution < -0.4 is 10.6 Å². The zero-order valence-corrected chi connectivity index (χ0v) is 12.6. The molecular weight excluding hydrogens is 317 g/mol. The molecule has 4 nitrogen and oxygen atoms in total. The molecule has 1 heterocycles. The molecule has 0 aliphatic carbocycles. The molecule has 0 aromatic carbocycles. The third kappa shape index (κ3) is 4.45. The number of aliphatic imine (C=N–C) groups is 1. The molecule has 0 fully saturated rings. The van der Waals surface area contributed by atoms with Crippen LogP contribution in [-0.4, -0.2) is 37.3 Å². The lowest BCUT2D eigenvalue weighted by atomic mass is 9.83. The molecule has 0 aromatic rings. The van der Waals surface area contributed by atoms with Crippen LogP contribution in [-0.2, 0) is 0 Å². The Morgan fingerprint density at radius 2 is 2.12 bits per heavy atom. The van der Waals surface area contributed by atoms with Crippen LogP contribution >= 0.6 is 24.0 Å². The van der Waals surface area contributed by atoms with Gasteiger partial charge in [-0.25, -0.2) is 0 Å². The Labute approximate surface area is 115 Å². The van der Waals surface area contributed by atoms with Crippen LogP contribution in [0.5, 0.6) is 0 Å². The van der Waals surface area contributed by atoms with Gasteiger partial charge in [0.05, 0.1) is 6.61 Å². The van der Waals surface area contributed by atoms with Crippen molar-refractivity contribution in [3.05, 3.63) is 0 Å². The number of halogens is 1. The summed E-state index contributed by atoms with van der Waals surface area (Å²) < 4.78 is 0. The Kier molecular flexibility index (Phi) is 8.09. The van der Waals surface area contributed by atoms with Gasteiger partial charge >= 0.3 is 0 Å². The largest absolute Gasteiger partial charge is 0.396 e. The molecule has 0 unspecified atom stereocenters. The lowest BCUT2D eigenvalue weighted by Gasteiger charge is -2.30. The molecule has 0 aromatic heterocycles. The van der Waals surface area contributed by atoms with Crippen molar-refractivity contribution in [2.24, 2.45) is 10.4 Å². The highest BCUT2D eigenvalue weighted by Gasteiger charge is 2.25. The van der Waals surface area contributed by atoms with Gasteiger partial charge in [-0.2, -0.15) is 0 Å². The molecule has 1 rings (SSSR count). The second-order valence-electron chi connectivity index (χ2n) is 4.23. The standard InChI is InChI=1S/C11H23N3O.HI/c1-3-11(4-2,9-15)8-14-10-12-6-5-7-13-10;/h15H,3-9H2,1-2H3,(H2,12,13,14);1H. The Morgan fingerprint density at radius 3 is 2.56 bits per heavy atom. The van der Waals surface area contributed by atoms with Gasteiger partial charge in [0.2, 0.25) is 0 Å². The molecular formula is C11H24IN3O. The number of guanidine groups is 1. The number of hydrogen-bond acceptors (Lipinski definition) is 4. The van der Waals surface area contributed by atoms with E-state index in [0.717, 1.165) is 44.9 Å². The maximum absolute atomic E-state index is 9.41. The van der Waals surface area contributed by atoms with Crippen molar-refractivity contribution in [3.8, 4) is 0 Å². The topological polar surface area (TPSA) is 56.6 Å². The number of aliphatic hydroxyl groups excluding tert-OH is 1. The zero-order chi connectivity index (χ0) is 11.1. The first kappa shape index (κ1) is 16.0. The van der Waals surface area contributed by atoms with Crippen molar-refractivity contribution in [1.29, 1.82) is 0 Å². The van der Waals surface area contributed by atoms with E-state index in [9.17, 15) is 5.11 Å². The maximum atomic E-state index is 9.41. The van der Waals surface area contributed by atoms with Crippen molar-refractivity contribution in [2.75, 3.05) is 26.2 Å². The van der Waals surface area contributed by atoms with Crippen LogP contribution in [0.4, 0.5) is 0 Å². The molecule has 0 spiro atoms. The van der Waals surface area contributed by atoms with E-state index in [-0.39, 0.29) is 36.0 Å². The molecule has 0 saturated heterocycles. The SMILES string of the molecule is CCC(CC)(CO)CNC1=NCCCN1.I. The third-order valence-corrected chi connectivity index (χ3v) is 3.36. The first-order chi connectivity index (χ1) is 7.26. The second-order valence-corrected chi connectivity index (χ2v) is 4.23. The minimum Gasteiger partial charge on any atom is -0.396 e. The number of nitrogens with zero attached hydrogens (tertiary/aromatic N) is 1. The molecule has 0 radical (unpaired) electrons. The van der Waals surface area contributed by atoms with Gasteiger partial charge in [0.15, 0.2) is 5.96 Å². The van der Waals surface area contributed by atoms with Gasteiger partial charge < -0.3 is 15.7 Å². The van der Waals surface area contributed by atoms with Crippen LogP contribution in [0, 0.1) is 5.41 Å². The average molecular weight is 341 g/mol. The number of aliphatic hydroxyl groups is 1. The van der Waals surface area contributed by atoms with Gasteiger partial charge in [0, 0.05) is 25.0 Å². The quantitative estimate of drug-likeness (QED) is 0.662. The van der Waals surface area contributed by atoms with E-state index in [0.29, 0.717) is 0 Å². The van der Waals surface area contributed by atoms with E-state index in [1.54, 1.807) is 0 Å². The average Bonchev–Trinajstić information content (AvgIpc) is 2.33. The molecule has 1 aliphatic heterocycles. The van der Waals surface area contributed by atoms with Crippen LogP contribution in [0.25, 0.3) is 0 Å². The molecule has 96 valence electrons. The van der Waals surface area contributed by atoms with Gasteiger partial charge in [-0.05, 0) is 19.3 Å². The lowest BCUT2D eigenvalue weighted by Crippen LogP contribution is -2.46. The van der Waals surface area contributed by atoms with E-state index >= 15 is 0 Å². The normalized spacial score (nSPS) is 15.8. The van der Waals surface area contributed by atoms with Crippen molar-refractivity contribution in [3.63, 3.8) is 0 Å². The summed E-state index contributed by atoms with van der Waals surface area (Å²) in [5, 5.41) is 15.9. The Bertz CT molecular complexity index is 209. The third-order valence-electron chi connectivity index (χ3n) is 3.36. The van der Waals surface area contributed by atoms with Gasteiger partial charge in [0.25, 0.3) is 0 Å². The predicted molar refractivity (Wildman–Crippen MR) is 78.4 cm³/mol. The van der Waals surface area contributed by atoms with Gasteiger partial charge in [0.1, 0.15) is 0 Å². The fourth-order valence-corrected chi connectivity index (χ4v) is 1.70. The van der Waals surface area contributed by atoms with Crippen molar-refractivity contribution in [1.82, 2.24) is 10.6 Å². The fourth-order valence-electron chi connectivity index (χ4n) is 1.70. The summed E-state index contributed by atoms with van der Waals surface area (Å²) in [5.41, 5.74) is 0.00163. The summed E-state index contributed by atoms with van der Waals surface area (Å²) in [5.74, 6) is 0.890. The van der Waals surface area contributed by atoms with Crippen LogP contribution in [0.1, 0.15) is 33.1 Å². The highest BCUT2D eigenvalue weighted by atomic mass is 127. The Hall–Kier alpha value is -0.0400. The van der Waals surface area contributed by atoms with E-state index in [1.807, 2.05) is 0 Å². The summed E-state index contributed by atoms with van der Waals surface area (Å²) in [6.07, 6.45) is 3.08. The molecule has 16 heavy (non-hydrogen) atoms. The van der Waals surface area contributed by atoms with E-state index < -0.39 is 0 Å². The monoisotopic (exact) mass is 341 g/mol. The van der Waals surface area contributed by atoms with Crippen molar-refractivity contribution in [2.45, 2.75) is 33.1 Å². The van der Waals surface area contributed by atoms with Crippen molar-refractivity contribution < 1.29 is 5.11 Å². The first-order valence-corrected chi connectivity index (χ1v) is 5.89. The maximum Gasteiger partial charge on any atom is 0.191 e. The highest BCUT2D eigenvalue weighted by Crippen LogP contribution is 2.24. The minimum atomic E-state index is 0. The molecule has 0 bridgehead atoms. The molecule has 0 amide bonds. The summed E-state index contributed by atoms with van der Waals surface area (Å²) in [6.45, 7) is 7.17.